The summed E-state index contributed by atoms with van der Waals surface area (Å²) in [7, 11) is 0. The molecule has 0 aliphatic heterocycles. The Morgan fingerprint density at radius 1 is 0.941 bits per heavy atom. The summed E-state index contributed by atoms with van der Waals surface area (Å²) >= 11 is 0. The highest BCUT2D eigenvalue weighted by molar-refractivity contribution is 5.94. The molecule has 2 aromatic carbocycles. The van der Waals surface area contributed by atoms with Crippen molar-refractivity contribution in [3.63, 3.8) is 0 Å². The number of nitrogens with zero attached hydrogens (tertiary/aromatic N) is 4. The van der Waals surface area contributed by atoms with Gasteiger partial charge in [-0.15, -0.1) is 5.10 Å². The summed E-state index contributed by atoms with van der Waals surface area (Å²) in [4.78, 5) is 8.66. The van der Waals surface area contributed by atoms with Gasteiger partial charge in [-0.25, -0.2) is 4.98 Å². The molecule has 7 heteroatoms. The monoisotopic (exact) mass is 450 g/mol. The number of ether oxygens (including phenoxy) is 1. The van der Waals surface area contributed by atoms with Crippen molar-refractivity contribution in [1.29, 1.82) is 0 Å². The van der Waals surface area contributed by atoms with Crippen LogP contribution in [0.3, 0.4) is 0 Å². The number of aromatic nitrogens is 4. The average molecular weight is 451 g/mol. The summed E-state index contributed by atoms with van der Waals surface area (Å²) in [5, 5.41) is 14.9. The number of benzene rings is 2. The van der Waals surface area contributed by atoms with Gasteiger partial charge in [-0.2, -0.15) is 5.10 Å². The van der Waals surface area contributed by atoms with Crippen molar-refractivity contribution in [1.82, 2.24) is 20.2 Å². The molecule has 0 bridgehead atoms. The van der Waals surface area contributed by atoms with Crippen LogP contribution in [-0.2, 0) is 13.2 Å². The molecule has 0 aliphatic carbocycles. The molecule has 0 fully saturated rings. The number of nitrogens with two attached hydrogens (primary N) is 1. The van der Waals surface area contributed by atoms with Gasteiger partial charge in [-0.05, 0) is 84.3 Å². The number of nitrogen functional groups attached to an aromatic ring is 1. The van der Waals surface area contributed by atoms with Gasteiger partial charge in [0.25, 0.3) is 0 Å². The SMILES string of the molecule is Cc1cnc2ccc(COc3cnnc(NCc4c(C)cc5c(N)nccc5c4C)c3)cc2c1. The summed E-state index contributed by atoms with van der Waals surface area (Å²) in [6.45, 7) is 7.29. The van der Waals surface area contributed by atoms with E-state index in [2.05, 4.69) is 57.5 Å². The van der Waals surface area contributed by atoms with E-state index in [-0.39, 0.29) is 0 Å². The lowest BCUT2D eigenvalue weighted by molar-refractivity contribution is 0.304. The zero-order valence-electron chi connectivity index (χ0n) is 19.5. The quantitative estimate of drug-likeness (QED) is 0.363. The lowest BCUT2D eigenvalue weighted by Gasteiger charge is -2.15. The van der Waals surface area contributed by atoms with Crippen LogP contribution in [0.2, 0.25) is 0 Å². The van der Waals surface area contributed by atoms with Crippen LogP contribution in [0.1, 0.15) is 27.8 Å². The van der Waals surface area contributed by atoms with Crippen LogP contribution in [0, 0.1) is 20.8 Å². The highest BCUT2D eigenvalue weighted by atomic mass is 16.5. The van der Waals surface area contributed by atoms with Gasteiger partial charge >= 0.3 is 0 Å². The molecule has 0 amide bonds. The Morgan fingerprint density at radius 2 is 1.82 bits per heavy atom. The van der Waals surface area contributed by atoms with E-state index in [1.54, 1.807) is 12.4 Å². The van der Waals surface area contributed by atoms with Crippen molar-refractivity contribution in [2.75, 3.05) is 11.1 Å². The summed E-state index contributed by atoms with van der Waals surface area (Å²) in [5.74, 6) is 1.87. The van der Waals surface area contributed by atoms with Crippen molar-refractivity contribution >= 4 is 33.3 Å². The third kappa shape index (κ3) is 4.32. The standard InChI is InChI=1S/C27H26N6O/c1-16-8-20-10-19(4-5-25(20)30-12-16)15-34-21-11-26(33-32-13-21)31-14-24-17(2)9-23-22(18(24)3)6-7-29-27(23)28/h4-13H,14-15H2,1-3H3,(H2,28,29)(H,31,33). The molecule has 5 rings (SSSR count). The third-order valence-corrected chi connectivity index (χ3v) is 6.08. The molecule has 0 saturated carbocycles. The fraction of sp³-hybridized carbons (Fsp3) is 0.185. The largest absolute Gasteiger partial charge is 0.487 e. The van der Waals surface area contributed by atoms with Crippen molar-refractivity contribution in [2.24, 2.45) is 0 Å². The van der Waals surface area contributed by atoms with Crippen molar-refractivity contribution < 1.29 is 4.74 Å². The zero-order valence-corrected chi connectivity index (χ0v) is 19.5. The van der Waals surface area contributed by atoms with Crippen LogP contribution >= 0.6 is 0 Å². The molecule has 0 spiro atoms. The van der Waals surface area contributed by atoms with Crippen LogP contribution in [0.25, 0.3) is 21.7 Å². The van der Waals surface area contributed by atoms with Crippen molar-refractivity contribution in [3.05, 3.63) is 88.9 Å². The molecule has 3 N–H and O–H groups in total. The Bertz CT molecular complexity index is 1510. The first-order valence-corrected chi connectivity index (χ1v) is 11.2. The maximum Gasteiger partial charge on any atom is 0.152 e. The predicted molar refractivity (Wildman–Crippen MR) is 136 cm³/mol. The lowest BCUT2D eigenvalue weighted by atomic mass is 9.96. The Labute approximate surface area is 198 Å². The first-order chi connectivity index (χ1) is 16.5. The number of nitrogens with one attached hydrogen (secondary N) is 1. The molecule has 170 valence electrons. The minimum Gasteiger partial charge on any atom is -0.487 e. The molecule has 0 unspecified atom stereocenters. The molecule has 0 saturated heterocycles. The van der Waals surface area contributed by atoms with Gasteiger partial charge in [-0.3, -0.25) is 4.98 Å². The molecular formula is C27H26N6O. The Morgan fingerprint density at radius 3 is 2.71 bits per heavy atom. The average Bonchev–Trinajstić information content (AvgIpc) is 2.83. The summed E-state index contributed by atoms with van der Waals surface area (Å²) in [5.41, 5.74) is 12.8. The molecule has 0 atom stereocenters. The Hall–Kier alpha value is -4.26. The van der Waals surface area contributed by atoms with E-state index in [4.69, 9.17) is 10.5 Å². The summed E-state index contributed by atoms with van der Waals surface area (Å²) in [6.07, 6.45) is 5.25. The van der Waals surface area contributed by atoms with E-state index in [1.807, 2.05) is 37.4 Å². The molecule has 3 heterocycles. The fourth-order valence-electron chi connectivity index (χ4n) is 4.24. The van der Waals surface area contributed by atoms with E-state index in [0.29, 0.717) is 30.5 Å². The van der Waals surface area contributed by atoms with E-state index in [9.17, 15) is 0 Å². The number of pyridine rings is 2. The van der Waals surface area contributed by atoms with Crippen LogP contribution in [-0.4, -0.2) is 20.2 Å². The molecule has 0 radical (unpaired) electrons. The zero-order chi connectivity index (χ0) is 23.7. The molecular weight excluding hydrogens is 424 g/mol. The van der Waals surface area contributed by atoms with Crippen LogP contribution in [0.4, 0.5) is 11.6 Å². The van der Waals surface area contributed by atoms with E-state index in [0.717, 1.165) is 38.4 Å². The topological polar surface area (TPSA) is 98.8 Å². The number of hydrogen-bond donors (Lipinski definition) is 2. The highest BCUT2D eigenvalue weighted by Crippen LogP contribution is 2.28. The van der Waals surface area contributed by atoms with E-state index in [1.165, 1.54) is 11.1 Å². The number of aryl methyl sites for hydroxylation is 3. The highest BCUT2D eigenvalue weighted by Gasteiger charge is 2.11. The fourth-order valence-corrected chi connectivity index (χ4v) is 4.24. The van der Waals surface area contributed by atoms with Gasteiger partial charge in [0.15, 0.2) is 5.82 Å². The summed E-state index contributed by atoms with van der Waals surface area (Å²) in [6, 6.07) is 14.2. The number of anilines is 2. The first-order valence-electron chi connectivity index (χ1n) is 11.2. The first kappa shape index (κ1) is 21.6. The minimum atomic E-state index is 0.438. The van der Waals surface area contributed by atoms with Gasteiger partial charge in [0.05, 0.1) is 11.7 Å². The van der Waals surface area contributed by atoms with Crippen LogP contribution in [0.15, 0.2) is 61.1 Å². The molecule has 5 aromatic rings. The van der Waals surface area contributed by atoms with Gasteiger partial charge in [0.2, 0.25) is 0 Å². The lowest BCUT2D eigenvalue weighted by Crippen LogP contribution is -2.07. The van der Waals surface area contributed by atoms with Crippen LogP contribution < -0.4 is 15.8 Å². The molecule has 3 aromatic heterocycles. The normalized spacial score (nSPS) is 11.1. The van der Waals surface area contributed by atoms with Gasteiger partial charge in [-0.1, -0.05) is 6.07 Å². The molecule has 0 aliphatic rings. The van der Waals surface area contributed by atoms with Crippen molar-refractivity contribution in [2.45, 2.75) is 33.9 Å². The summed E-state index contributed by atoms with van der Waals surface area (Å²) < 4.78 is 6.00. The predicted octanol–water partition coefficient (Wildman–Crippen LogP) is 5.27. The van der Waals surface area contributed by atoms with Gasteiger partial charge in [0, 0.05) is 35.8 Å². The minimum absolute atomic E-state index is 0.438. The third-order valence-electron chi connectivity index (χ3n) is 6.08. The number of hydrogen-bond acceptors (Lipinski definition) is 7. The Kier molecular flexibility index (Phi) is 5.67. The second kappa shape index (κ2) is 8.94. The molecule has 7 nitrogen and oxygen atoms in total. The Balaban J connectivity index is 1.29. The van der Waals surface area contributed by atoms with Gasteiger partial charge < -0.3 is 15.8 Å². The maximum absolute atomic E-state index is 6.07. The maximum atomic E-state index is 6.07. The number of fused-ring (bicyclic) bond motifs is 2. The van der Waals surface area contributed by atoms with Crippen LogP contribution in [0.5, 0.6) is 5.75 Å². The molecule has 34 heavy (non-hydrogen) atoms. The van der Waals surface area contributed by atoms with Gasteiger partial charge in [0.1, 0.15) is 18.2 Å². The smallest absolute Gasteiger partial charge is 0.152 e. The van der Waals surface area contributed by atoms with E-state index >= 15 is 0 Å². The second-order valence-corrected chi connectivity index (χ2v) is 8.55. The second-order valence-electron chi connectivity index (χ2n) is 8.55. The number of rotatable bonds is 6. The van der Waals surface area contributed by atoms with E-state index < -0.39 is 0 Å². The van der Waals surface area contributed by atoms with Crippen molar-refractivity contribution in [3.8, 4) is 5.75 Å².